The number of aromatic amines is 1. The van der Waals surface area contributed by atoms with Crippen LogP contribution in [-0.4, -0.2) is 16.7 Å². The van der Waals surface area contributed by atoms with Gasteiger partial charge in [0.05, 0.1) is 17.3 Å². The first kappa shape index (κ1) is 19.3. The largest absolute Gasteiger partial charge is 0.321 e. The van der Waals surface area contributed by atoms with E-state index < -0.39 is 0 Å². The van der Waals surface area contributed by atoms with E-state index in [-0.39, 0.29) is 11.6 Å². The number of hydrogen-bond donors (Lipinski definition) is 2. The van der Waals surface area contributed by atoms with Gasteiger partial charge in [0.1, 0.15) is 0 Å². The zero-order valence-corrected chi connectivity index (χ0v) is 17.4. The summed E-state index contributed by atoms with van der Waals surface area (Å²) in [5.41, 5.74) is 8.04. The number of halogens is 1. The summed E-state index contributed by atoms with van der Waals surface area (Å²) in [4.78, 5) is 16.2. The summed E-state index contributed by atoms with van der Waals surface area (Å²) in [5, 5.41) is 6.06. The van der Waals surface area contributed by atoms with Gasteiger partial charge in [0.15, 0.2) is 0 Å². The molecule has 152 valence electrons. The van der Waals surface area contributed by atoms with Crippen molar-refractivity contribution in [2.45, 2.75) is 12.5 Å². The fourth-order valence-electron chi connectivity index (χ4n) is 3.97. The average molecular weight is 426 g/mol. The predicted molar refractivity (Wildman–Crippen MR) is 129 cm³/mol. The Balaban J connectivity index is 1.58. The highest BCUT2D eigenvalue weighted by Gasteiger charge is 2.24. The van der Waals surface area contributed by atoms with E-state index in [1.54, 1.807) is 6.07 Å². The molecule has 1 aromatic heterocycles. The van der Waals surface area contributed by atoms with Gasteiger partial charge in [0, 0.05) is 27.9 Å². The molecule has 0 unspecified atom stereocenters. The number of hydrazone groups is 1. The van der Waals surface area contributed by atoms with Crippen molar-refractivity contribution in [2.75, 3.05) is 0 Å². The summed E-state index contributed by atoms with van der Waals surface area (Å²) in [6, 6.07) is 25.6. The zero-order chi connectivity index (χ0) is 21.2. The standard InChI is InChI=1S/C26H20ClN3O/c27-19-12-14-22-21(15-19)24(18-9-5-2-6-10-18)25(26(31)28-22)23-16-20(29-30-23)13-11-17-7-3-1-4-8-17/h1-15,20,29H,16H2,(H,28,31)/b13-11+/t20-/m0/s1. The van der Waals surface area contributed by atoms with Crippen LogP contribution in [0.15, 0.2) is 94.8 Å². The monoisotopic (exact) mass is 425 g/mol. The molecule has 5 heteroatoms. The second kappa shape index (κ2) is 8.25. The highest BCUT2D eigenvalue weighted by Crippen LogP contribution is 2.32. The molecule has 0 fully saturated rings. The van der Waals surface area contributed by atoms with Crippen LogP contribution in [0.3, 0.4) is 0 Å². The summed E-state index contributed by atoms with van der Waals surface area (Å²) in [6.45, 7) is 0. The smallest absolute Gasteiger partial charge is 0.258 e. The van der Waals surface area contributed by atoms with Crippen LogP contribution in [0.1, 0.15) is 17.5 Å². The molecule has 3 aromatic carbocycles. The van der Waals surface area contributed by atoms with Crippen molar-refractivity contribution in [3.8, 4) is 11.1 Å². The SMILES string of the molecule is O=c1[nH]c2ccc(Cl)cc2c(-c2ccccc2)c1C1=NN[C@@H](/C=C/c2ccccc2)C1. The van der Waals surface area contributed by atoms with Crippen molar-refractivity contribution in [1.29, 1.82) is 0 Å². The molecule has 1 atom stereocenters. The first-order valence-electron chi connectivity index (χ1n) is 10.2. The van der Waals surface area contributed by atoms with Gasteiger partial charge in [-0.25, -0.2) is 0 Å². The van der Waals surface area contributed by atoms with Crippen LogP contribution in [-0.2, 0) is 0 Å². The predicted octanol–water partition coefficient (Wildman–Crippen LogP) is 5.63. The molecule has 1 aliphatic rings. The summed E-state index contributed by atoms with van der Waals surface area (Å²) in [5.74, 6) is 0. The zero-order valence-electron chi connectivity index (χ0n) is 16.7. The minimum absolute atomic E-state index is 0.0216. The maximum Gasteiger partial charge on any atom is 0.258 e. The Morgan fingerprint density at radius 1 is 0.935 bits per heavy atom. The normalized spacial score (nSPS) is 15.9. The lowest BCUT2D eigenvalue weighted by Crippen LogP contribution is -2.21. The number of rotatable bonds is 4. The van der Waals surface area contributed by atoms with Crippen molar-refractivity contribution in [3.63, 3.8) is 0 Å². The minimum Gasteiger partial charge on any atom is -0.321 e. The van der Waals surface area contributed by atoms with E-state index in [0.29, 0.717) is 17.0 Å². The number of aromatic nitrogens is 1. The van der Waals surface area contributed by atoms with Crippen LogP contribution in [0.2, 0.25) is 5.02 Å². The van der Waals surface area contributed by atoms with Crippen LogP contribution in [0, 0.1) is 0 Å². The van der Waals surface area contributed by atoms with Crippen molar-refractivity contribution in [1.82, 2.24) is 10.4 Å². The van der Waals surface area contributed by atoms with Gasteiger partial charge >= 0.3 is 0 Å². The molecule has 1 aliphatic heterocycles. The molecular formula is C26H20ClN3O. The van der Waals surface area contributed by atoms with Gasteiger partial charge in [0.25, 0.3) is 5.56 Å². The number of pyridine rings is 1. The molecule has 2 heterocycles. The second-order valence-electron chi connectivity index (χ2n) is 7.53. The molecule has 4 aromatic rings. The Morgan fingerprint density at radius 2 is 1.68 bits per heavy atom. The summed E-state index contributed by atoms with van der Waals surface area (Å²) >= 11 is 6.31. The molecule has 0 amide bonds. The van der Waals surface area contributed by atoms with Gasteiger partial charge in [-0.2, -0.15) is 5.10 Å². The third kappa shape index (κ3) is 3.90. The van der Waals surface area contributed by atoms with Crippen LogP contribution in [0.4, 0.5) is 0 Å². The molecule has 0 saturated carbocycles. The van der Waals surface area contributed by atoms with Gasteiger partial charge in [-0.3, -0.25) is 4.79 Å². The van der Waals surface area contributed by atoms with Gasteiger partial charge in [0.2, 0.25) is 0 Å². The van der Waals surface area contributed by atoms with Gasteiger partial charge < -0.3 is 10.4 Å². The van der Waals surface area contributed by atoms with Crippen LogP contribution in [0.5, 0.6) is 0 Å². The molecule has 0 aliphatic carbocycles. The Labute approximate surface area is 184 Å². The van der Waals surface area contributed by atoms with E-state index in [0.717, 1.165) is 33.3 Å². The molecule has 5 rings (SSSR count). The molecule has 31 heavy (non-hydrogen) atoms. The molecule has 0 spiro atoms. The van der Waals surface area contributed by atoms with Crippen LogP contribution >= 0.6 is 11.6 Å². The van der Waals surface area contributed by atoms with Gasteiger partial charge in [-0.1, -0.05) is 84.4 Å². The minimum atomic E-state index is -0.151. The third-order valence-corrected chi connectivity index (χ3v) is 5.66. The highest BCUT2D eigenvalue weighted by atomic mass is 35.5. The van der Waals surface area contributed by atoms with E-state index in [1.165, 1.54) is 0 Å². The number of hydrogen-bond acceptors (Lipinski definition) is 3. The summed E-state index contributed by atoms with van der Waals surface area (Å²) in [7, 11) is 0. The molecule has 4 nitrogen and oxygen atoms in total. The van der Waals surface area contributed by atoms with Gasteiger partial charge in [-0.15, -0.1) is 0 Å². The van der Waals surface area contributed by atoms with Crippen molar-refractivity contribution >= 4 is 34.3 Å². The van der Waals surface area contributed by atoms with E-state index in [1.807, 2.05) is 60.7 Å². The topological polar surface area (TPSA) is 57.2 Å². The third-order valence-electron chi connectivity index (χ3n) is 5.43. The Hall–Kier alpha value is -3.63. The lowest BCUT2D eigenvalue weighted by Gasteiger charge is -2.13. The van der Waals surface area contributed by atoms with Gasteiger partial charge in [-0.05, 0) is 29.3 Å². The number of benzene rings is 3. The molecule has 0 bridgehead atoms. The lowest BCUT2D eigenvalue weighted by molar-refractivity contribution is 0.694. The highest BCUT2D eigenvalue weighted by molar-refractivity contribution is 6.31. The second-order valence-corrected chi connectivity index (χ2v) is 7.96. The number of nitrogens with zero attached hydrogens (tertiary/aromatic N) is 1. The van der Waals surface area contributed by atoms with Crippen LogP contribution < -0.4 is 11.0 Å². The Bertz CT molecular complexity index is 1360. The Kier molecular flexibility index (Phi) is 5.14. The fraction of sp³-hybridized carbons (Fsp3) is 0.0769. The van der Waals surface area contributed by atoms with Crippen LogP contribution in [0.25, 0.3) is 28.1 Å². The summed E-state index contributed by atoms with van der Waals surface area (Å²) in [6.07, 6.45) is 4.77. The maximum absolute atomic E-state index is 13.2. The molecule has 2 N–H and O–H groups in total. The van der Waals surface area contributed by atoms with E-state index >= 15 is 0 Å². The molecular weight excluding hydrogens is 406 g/mol. The quantitative estimate of drug-likeness (QED) is 0.445. The lowest BCUT2D eigenvalue weighted by atomic mass is 9.92. The molecule has 0 radical (unpaired) electrons. The average Bonchev–Trinajstić information content (AvgIpc) is 3.27. The number of fused-ring (bicyclic) bond motifs is 1. The van der Waals surface area contributed by atoms with E-state index in [9.17, 15) is 4.79 Å². The van der Waals surface area contributed by atoms with E-state index in [2.05, 4.69) is 39.8 Å². The summed E-state index contributed by atoms with van der Waals surface area (Å²) < 4.78 is 0. The van der Waals surface area contributed by atoms with Crippen molar-refractivity contribution in [2.24, 2.45) is 5.10 Å². The number of nitrogens with one attached hydrogen (secondary N) is 2. The Morgan fingerprint density at radius 3 is 2.45 bits per heavy atom. The van der Waals surface area contributed by atoms with Crippen molar-refractivity contribution in [3.05, 3.63) is 111 Å². The fourth-order valence-corrected chi connectivity index (χ4v) is 4.14. The maximum atomic E-state index is 13.2. The first-order valence-corrected chi connectivity index (χ1v) is 10.5. The van der Waals surface area contributed by atoms with E-state index in [4.69, 9.17) is 11.6 Å². The van der Waals surface area contributed by atoms with Crippen molar-refractivity contribution < 1.29 is 0 Å². The molecule has 0 saturated heterocycles. The number of H-pyrrole nitrogens is 1. The first-order chi connectivity index (χ1) is 15.2.